The van der Waals surface area contributed by atoms with Crippen LogP contribution in [0.3, 0.4) is 0 Å². The van der Waals surface area contributed by atoms with Crippen molar-refractivity contribution in [2.45, 2.75) is 5.16 Å². The highest BCUT2D eigenvalue weighted by Crippen LogP contribution is 2.19. The molecule has 0 saturated carbocycles. The number of aromatic nitrogens is 2. The Bertz CT molecular complexity index is 443. The molecule has 0 aliphatic heterocycles. The number of fused-ring (bicyclic) bond motifs is 1. The smallest absolute Gasteiger partial charge is 0.166 e. The number of H-pyrrole nitrogens is 1. The van der Waals surface area contributed by atoms with Crippen LogP contribution in [0.15, 0.2) is 23.4 Å². The Morgan fingerprint density at radius 2 is 2.36 bits per heavy atom. The lowest BCUT2D eigenvalue weighted by Crippen LogP contribution is -1.85. The van der Waals surface area contributed by atoms with Crippen LogP contribution in [-0.4, -0.2) is 27.4 Å². The number of aliphatic hydroxyl groups is 1. The molecule has 1 heterocycles. The van der Waals surface area contributed by atoms with Gasteiger partial charge in [-0.25, -0.2) is 9.37 Å². The molecule has 14 heavy (non-hydrogen) atoms. The Labute approximate surface area is 84.4 Å². The van der Waals surface area contributed by atoms with E-state index in [1.807, 2.05) is 0 Å². The van der Waals surface area contributed by atoms with Gasteiger partial charge in [-0.15, -0.1) is 0 Å². The van der Waals surface area contributed by atoms with Crippen molar-refractivity contribution < 1.29 is 9.50 Å². The molecule has 2 N–H and O–H groups in total. The minimum Gasteiger partial charge on any atom is -0.396 e. The molecule has 0 fully saturated rings. The molecular weight excluding hydrogens is 203 g/mol. The second kappa shape index (κ2) is 3.98. The van der Waals surface area contributed by atoms with Crippen LogP contribution in [0, 0.1) is 5.82 Å². The molecule has 0 spiro atoms. The van der Waals surface area contributed by atoms with Crippen LogP contribution in [-0.2, 0) is 0 Å². The summed E-state index contributed by atoms with van der Waals surface area (Å²) in [5.74, 6) is 0.308. The van der Waals surface area contributed by atoms with Crippen LogP contribution in [0.1, 0.15) is 0 Å². The molecule has 0 saturated heterocycles. The second-order valence-corrected chi connectivity index (χ2v) is 3.86. The van der Waals surface area contributed by atoms with Crippen molar-refractivity contribution in [3.8, 4) is 0 Å². The molecule has 2 rings (SSSR count). The van der Waals surface area contributed by atoms with Crippen molar-refractivity contribution in [2.24, 2.45) is 0 Å². The van der Waals surface area contributed by atoms with Crippen molar-refractivity contribution in [3.63, 3.8) is 0 Å². The van der Waals surface area contributed by atoms with Gasteiger partial charge < -0.3 is 10.1 Å². The molecule has 0 atom stereocenters. The number of imidazole rings is 1. The van der Waals surface area contributed by atoms with Crippen molar-refractivity contribution >= 4 is 22.8 Å². The highest BCUT2D eigenvalue weighted by molar-refractivity contribution is 7.99. The zero-order valence-electron chi connectivity index (χ0n) is 7.33. The van der Waals surface area contributed by atoms with Crippen LogP contribution in [0.25, 0.3) is 11.0 Å². The summed E-state index contributed by atoms with van der Waals surface area (Å²) in [6, 6.07) is 4.42. The van der Waals surface area contributed by atoms with Gasteiger partial charge in [0.25, 0.3) is 0 Å². The third-order valence-electron chi connectivity index (χ3n) is 1.75. The number of aromatic amines is 1. The monoisotopic (exact) mass is 212 g/mol. The Morgan fingerprint density at radius 3 is 3.14 bits per heavy atom. The molecule has 0 bridgehead atoms. The number of nitrogens with zero attached hydrogens (tertiary/aromatic N) is 1. The van der Waals surface area contributed by atoms with Crippen LogP contribution >= 0.6 is 11.8 Å². The maximum Gasteiger partial charge on any atom is 0.166 e. The lowest BCUT2D eigenvalue weighted by atomic mass is 10.3. The lowest BCUT2D eigenvalue weighted by molar-refractivity contribution is 0.322. The molecule has 0 aliphatic rings. The van der Waals surface area contributed by atoms with E-state index in [4.69, 9.17) is 5.11 Å². The number of hydrogen-bond acceptors (Lipinski definition) is 3. The first-order valence-electron chi connectivity index (χ1n) is 4.18. The van der Waals surface area contributed by atoms with Gasteiger partial charge in [0.1, 0.15) is 5.82 Å². The molecule has 1 aromatic carbocycles. The number of thioether (sulfide) groups is 1. The van der Waals surface area contributed by atoms with Gasteiger partial charge in [0.15, 0.2) is 5.16 Å². The van der Waals surface area contributed by atoms with E-state index in [0.29, 0.717) is 16.4 Å². The van der Waals surface area contributed by atoms with E-state index in [1.54, 1.807) is 6.07 Å². The van der Waals surface area contributed by atoms with E-state index in [2.05, 4.69) is 9.97 Å². The van der Waals surface area contributed by atoms with Gasteiger partial charge in [-0.1, -0.05) is 11.8 Å². The van der Waals surface area contributed by atoms with E-state index in [0.717, 1.165) is 5.52 Å². The average molecular weight is 212 g/mol. The number of rotatable bonds is 3. The number of nitrogens with one attached hydrogen (secondary N) is 1. The van der Waals surface area contributed by atoms with Crippen molar-refractivity contribution in [1.29, 1.82) is 0 Å². The SMILES string of the molecule is OCCSc1nc2ccc(F)cc2[nH]1. The van der Waals surface area contributed by atoms with E-state index in [9.17, 15) is 4.39 Å². The van der Waals surface area contributed by atoms with Crippen molar-refractivity contribution in [2.75, 3.05) is 12.4 Å². The average Bonchev–Trinajstić information content (AvgIpc) is 2.56. The van der Waals surface area contributed by atoms with E-state index < -0.39 is 0 Å². The van der Waals surface area contributed by atoms with Crippen molar-refractivity contribution in [1.82, 2.24) is 9.97 Å². The van der Waals surface area contributed by atoms with Gasteiger partial charge in [-0.05, 0) is 18.2 Å². The van der Waals surface area contributed by atoms with Gasteiger partial charge in [-0.2, -0.15) is 0 Å². The van der Waals surface area contributed by atoms with Gasteiger partial charge in [0.05, 0.1) is 17.6 Å². The highest BCUT2D eigenvalue weighted by Gasteiger charge is 2.03. The fourth-order valence-electron chi connectivity index (χ4n) is 1.17. The number of benzene rings is 1. The molecule has 2 aromatic rings. The highest BCUT2D eigenvalue weighted by atomic mass is 32.2. The maximum atomic E-state index is 12.8. The van der Waals surface area contributed by atoms with Gasteiger partial charge >= 0.3 is 0 Å². The maximum absolute atomic E-state index is 12.8. The Hall–Kier alpha value is -1.07. The first kappa shape index (κ1) is 9.48. The zero-order chi connectivity index (χ0) is 9.97. The molecule has 0 aliphatic carbocycles. The summed E-state index contributed by atoms with van der Waals surface area (Å²) < 4.78 is 12.8. The minimum atomic E-state index is -0.278. The number of hydrogen-bond donors (Lipinski definition) is 2. The molecule has 3 nitrogen and oxygen atoms in total. The first-order chi connectivity index (χ1) is 6.79. The topological polar surface area (TPSA) is 48.9 Å². The Morgan fingerprint density at radius 1 is 1.50 bits per heavy atom. The fraction of sp³-hybridized carbons (Fsp3) is 0.222. The largest absolute Gasteiger partial charge is 0.396 e. The van der Waals surface area contributed by atoms with Crippen LogP contribution < -0.4 is 0 Å². The molecule has 0 unspecified atom stereocenters. The van der Waals surface area contributed by atoms with Gasteiger partial charge in [0, 0.05) is 5.75 Å². The molecule has 0 amide bonds. The standard InChI is InChI=1S/C9H9FN2OS/c10-6-1-2-7-8(5-6)12-9(11-7)14-4-3-13/h1-2,5,13H,3-4H2,(H,11,12). The van der Waals surface area contributed by atoms with E-state index >= 15 is 0 Å². The summed E-state index contributed by atoms with van der Waals surface area (Å²) in [4.78, 5) is 7.19. The number of halogens is 1. The fourth-order valence-corrected chi connectivity index (χ4v) is 1.80. The third-order valence-corrected chi connectivity index (χ3v) is 2.61. The molecule has 5 heteroatoms. The molecular formula is C9H9FN2OS. The van der Waals surface area contributed by atoms with Crippen LogP contribution in [0.2, 0.25) is 0 Å². The summed E-state index contributed by atoms with van der Waals surface area (Å²) in [6.45, 7) is 0.107. The Kier molecular flexibility index (Phi) is 2.69. The van der Waals surface area contributed by atoms with Gasteiger partial charge in [-0.3, -0.25) is 0 Å². The normalized spacial score (nSPS) is 11.0. The zero-order valence-corrected chi connectivity index (χ0v) is 8.14. The third kappa shape index (κ3) is 1.88. The van der Waals surface area contributed by atoms with Crippen molar-refractivity contribution in [3.05, 3.63) is 24.0 Å². The molecule has 0 radical (unpaired) electrons. The summed E-state index contributed by atoms with van der Waals surface area (Å²) in [7, 11) is 0. The lowest BCUT2D eigenvalue weighted by Gasteiger charge is -1.90. The van der Waals surface area contributed by atoms with Crippen LogP contribution in [0.4, 0.5) is 4.39 Å². The summed E-state index contributed by atoms with van der Waals surface area (Å²) >= 11 is 1.41. The summed E-state index contributed by atoms with van der Waals surface area (Å²) in [5.41, 5.74) is 1.43. The van der Waals surface area contributed by atoms with E-state index in [1.165, 1.54) is 23.9 Å². The van der Waals surface area contributed by atoms with Gasteiger partial charge in [0.2, 0.25) is 0 Å². The molecule has 74 valence electrons. The summed E-state index contributed by atoms with van der Waals surface area (Å²) in [5, 5.41) is 9.33. The molecule has 1 aromatic heterocycles. The minimum absolute atomic E-state index is 0.107. The predicted molar refractivity (Wildman–Crippen MR) is 53.9 cm³/mol. The summed E-state index contributed by atoms with van der Waals surface area (Å²) in [6.07, 6.45) is 0. The Balaban J connectivity index is 2.32. The van der Waals surface area contributed by atoms with E-state index in [-0.39, 0.29) is 12.4 Å². The second-order valence-electron chi connectivity index (χ2n) is 2.78. The predicted octanol–water partition coefficient (Wildman–Crippen LogP) is 1.79. The first-order valence-corrected chi connectivity index (χ1v) is 5.17. The quantitative estimate of drug-likeness (QED) is 0.762. The number of aliphatic hydroxyl groups excluding tert-OH is 1. The van der Waals surface area contributed by atoms with Crippen LogP contribution in [0.5, 0.6) is 0 Å².